The van der Waals surface area contributed by atoms with Gasteiger partial charge in [0.25, 0.3) is 5.91 Å². The largest absolute Gasteiger partial charge is 0.462 e. The average molecular weight is 352 g/mol. The van der Waals surface area contributed by atoms with Crippen LogP contribution in [0.4, 0.5) is 11.4 Å². The van der Waals surface area contributed by atoms with Gasteiger partial charge in [-0.25, -0.2) is 9.69 Å². The molecule has 2 aromatic rings. The first-order valence-electron chi connectivity index (χ1n) is 8.46. The van der Waals surface area contributed by atoms with Crippen molar-refractivity contribution >= 4 is 29.2 Å². The summed E-state index contributed by atoms with van der Waals surface area (Å²) >= 11 is 0. The van der Waals surface area contributed by atoms with Crippen molar-refractivity contribution in [2.75, 3.05) is 16.8 Å². The Kier molecular flexibility index (Phi) is 5.02. The Labute approximate surface area is 151 Å². The highest BCUT2D eigenvalue weighted by atomic mass is 16.5. The number of esters is 1. The van der Waals surface area contributed by atoms with Gasteiger partial charge in [0, 0.05) is 5.69 Å². The molecule has 2 amide bonds. The highest BCUT2D eigenvalue weighted by Gasteiger charge is 2.39. The molecule has 1 aliphatic rings. The number of hydrogen-bond acceptors (Lipinski definition) is 5. The van der Waals surface area contributed by atoms with E-state index in [0.29, 0.717) is 11.3 Å². The predicted octanol–water partition coefficient (Wildman–Crippen LogP) is 2.92. The molecule has 134 valence electrons. The maximum absolute atomic E-state index is 12.7. The topological polar surface area (TPSA) is 75.7 Å². The van der Waals surface area contributed by atoms with Crippen LogP contribution in [0.25, 0.3) is 0 Å². The number of rotatable bonds is 5. The second kappa shape index (κ2) is 7.39. The molecule has 3 rings (SSSR count). The molecule has 1 atom stereocenters. The minimum Gasteiger partial charge on any atom is -0.462 e. The number of carbonyl (C=O) groups is 3. The van der Waals surface area contributed by atoms with Crippen LogP contribution < -0.4 is 10.2 Å². The van der Waals surface area contributed by atoms with Crippen LogP contribution in [-0.4, -0.2) is 30.4 Å². The lowest BCUT2D eigenvalue weighted by atomic mass is 10.2. The number of aryl methyl sites for hydroxylation is 1. The maximum atomic E-state index is 12.7. The molecular weight excluding hydrogens is 332 g/mol. The van der Waals surface area contributed by atoms with Crippen molar-refractivity contribution in [2.24, 2.45) is 0 Å². The summed E-state index contributed by atoms with van der Waals surface area (Å²) in [5.74, 6) is -1.01. The number of imide groups is 1. The van der Waals surface area contributed by atoms with Gasteiger partial charge in [-0.3, -0.25) is 9.59 Å². The fourth-order valence-electron chi connectivity index (χ4n) is 2.83. The van der Waals surface area contributed by atoms with Crippen LogP contribution in [0.2, 0.25) is 0 Å². The van der Waals surface area contributed by atoms with E-state index in [9.17, 15) is 14.4 Å². The highest BCUT2D eigenvalue weighted by molar-refractivity contribution is 6.23. The lowest BCUT2D eigenvalue weighted by molar-refractivity contribution is -0.121. The molecule has 1 heterocycles. The van der Waals surface area contributed by atoms with Crippen LogP contribution in [0.3, 0.4) is 0 Å². The lowest BCUT2D eigenvalue weighted by Crippen LogP contribution is -2.34. The third kappa shape index (κ3) is 3.59. The van der Waals surface area contributed by atoms with Crippen molar-refractivity contribution in [3.63, 3.8) is 0 Å². The Morgan fingerprint density at radius 3 is 2.38 bits per heavy atom. The molecule has 0 radical (unpaired) electrons. The molecule has 1 aliphatic heterocycles. The van der Waals surface area contributed by atoms with E-state index in [0.717, 1.165) is 16.2 Å². The molecule has 0 bridgehead atoms. The molecule has 1 fully saturated rings. The Balaban J connectivity index is 1.74. The first kappa shape index (κ1) is 17.7. The van der Waals surface area contributed by atoms with Gasteiger partial charge in [-0.15, -0.1) is 0 Å². The molecule has 0 unspecified atom stereocenters. The minimum absolute atomic E-state index is 0.0896. The van der Waals surface area contributed by atoms with Crippen LogP contribution in [0.1, 0.15) is 29.3 Å². The van der Waals surface area contributed by atoms with E-state index in [1.54, 1.807) is 31.2 Å². The second-order valence-electron chi connectivity index (χ2n) is 6.10. The maximum Gasteiger partial charge on any atom is 0.338 e. The standard InChI is InChI=1S/C20H20N2O4/c1-3-26-20(25)14-6-10-16(11-7-14)22-18(23)12-17(19(22)24)21-15-8-4-13(2)5-9-15/h4-11,17,21H,3,12H2,1-2H3/t17-/m1/s1. The van der Waals surface area contributed by atoms with E-state index in [1.807, 2.05) is 31.2 Å². The summed E-state index contributed by atoms with van der Waals surface area (Å²) in [5, 5.41) is 3.11. The summed E-state index contributed by atoms with van der Waals surface area (Å²) in [6, 6.07) is 13.3. The van der Waals surface area contributed by atoms with E-state index in [1.165, 1.54) is 0 Å². The van der Waals surface area contributed by atoms with Gasteiger partial charge < -0.3 is 10.1 Å². The van der Waals surface area contributed by atoms with Gasteiger partial charge in [0.2, 0.25) is 5.91 Å². The van der Waals surface area contributed by atoms with Crippen LogP contribution in [0, 0.1) is 6.92 Å². The lowest BCUT2D eigenvalue weighted by Gasteiger charge is -2.16. The van der Waals surface area contributed by atoms with Gasteiger partial charge in [-0.2, -0.15) is 0 Å². The highest BCUT2D eigenvalue weighted by Crippen LogP contribution is 2.25. The molecule has 6 nitrogen and oxygen atoms in total. The third-order valence-corrected chi connectivity index (χ3v) is 4.18. The Morgan fingerprint density at radius 2 is 1.77 bits per heavy atom. The zero-order valence-corrected chi connectivity index (χ0v) is 14.7. The third-order valence-electron chi connectivity index (χ3n) is 4.18. The summed E-state index contributed by atoms with van der Waals surface area (Å²) in [6.45, 7) is 4.00. The summed E-state index contributed by atoms with van der Waals surface area (Å²) in [4.78, 5) is 37.9. The number of carbonyl (C=O) groups excluding carboxylic acids is 3. The second-order valence-corrected chi connectivity index (χ2v) is 6.10. The Hall–Kier alpha value is -3.15. The van der Waals surface area contributed by atoms with Crippen molar-refractivity contribution in [2.45, 2.75) is 26.3 Å². The zero-order valence-electron chi connectivity index (χ0n) is 14.7. The molecule has 26 heavy (non-hydrogen) atoms. The fraction of sp³-hybridized carbons (Fsp3) is 0.250. The van der Waals surface area contributed by atoms with Gasteiger partial charge >= 0.3 is 5.97 Å². The molecule has 1 saturated heterocycles. The van der Waals surface area contributed by atoms with Crippen LogP contribution >= 0.6 is 0 Å². The van der Waals surface area contributed by atoms with E-state index in [-0.39, 0.29) is 24.8 Å². The molecule has 0 aliphatic carbocycles. The van der Waals surface area contributed by atoms with Gasteiger partial charge in [0.1, 0.15) is 6.04 Å². The molecule has 6 heteroatoms. The summed E-state index contributed by atoms with van der Waals surface area (Å²) in [6.07, 6.45) is 0.0896. The van der Waals surface area contributed by atoms with Crippen molar-refractivity contribution in [3.8, 4) is 0 Å². The van der Waals surface area contributed by atoms with Gasteiger partial charge in [0.15, 0.2) is 0 Å². The number of anilines is 2. The Morgan fingerprint density at radius 1 is 1.12 bits per heavy atom. The molecular formula is C20H20N2O4. The normalized spacial score (nSPS) is 16.7. The quantitative estimate of drug-likeness (QED) is 0.661. The first-order chi connectivity index (χ1) is 12.5. The predicted molar refractivity (Wildman–Crippen MR) is 98.1 cm³/mol. The van der Waals surface area contributed by atoms with E-state index < -0.39 is 12.0 Å². The van der Waals surface area contributed by atoms with Crippen molar-refractivity contribution in [1.82, 2.24) is 0 Å². The number of nitrogens with zero attached hydrogens (tertiary/aromatic N) is 1. The average Bonchev–Trinajstić information content (AvgIpc) is 2.91. The number of benzene rings is 2. The minimum atomic E-state index is -0.602. The fourth-order valence-corrected chi connectivity index (χ4v) is 2.83. The summed E-state index contributed by atoms with van der Waals surface area (Å²) < 4.78 is 4.93. The molecule has 1 N–H and O–H groups in total. The van der Waals surface area contributed by atoms with Gasteiger partial charge in [0.05, 0.1) is 24.3 Å². The monoisotopic (exact) mass is 352 g/mol. The van der Waals surface area contributed by atoms with Crippen molar-refractivity contribution < 1.29 is 19.1 Å². The van der Waals surface area contributed by atoms with E-state index in [2.05, 4.69) is 5.32 Å². The molecule has 0 saturated carbocycles. The van der Waals surface area contributed by atoms with E-state index in [4.69, 9.17) is 4.74 Å². The first-order valence-corrected chi connectivity index (χ1v) is 8.46. The number of amides is 2. The van der Waals surface area contributed by atoms with Crippen LogP contribution in [0.5, 0.6) is 0 Å². The van der Waals surface area contributed by atoms with Crippen LogP contribution in [0.15, 0.2) is 48.5 Å². The van der Waals surface area contributed by atoms with Crippen molar-refractivity contribution in [1.29, 1.82) is 0 Å². The summed E-state index contributed by atoms with van der Waals surface area (Å²) in [7, 11) is 0. The SMILES string of the molecule is CCOC(=O)c1ccc(N2C(=O)C[C@@H](Nc3ccc(C)cc3)C2=O)cc1. The van der Waals surface area contributed by atoms with Gasteiger partial charge in [-0.05, 0) is 50.2 Å². The van der Waals surface area contributed by atoms with E-state index >= 15 is 0 Å². The number of hydrogen-bond donors (Lipinski definition) is 1. The number of ether oxygens (including phenoxy) is 1. The molecule has 0 aromatic heterocycles. The smallest absolute Gasteiger partial charge is 0.338 e. The molecule has 2 aromatic carbocycles. The summed E-state index contributed by atoms with van der Waals surface area (Å²) in [5.41, 5.74) is 2.74. The van der Waals surface area contributed by atoms with Crippen LogP contribution in [-0.2, 0) is 14.3 Å². The van der Waals surface area contributed by atoms with Gasteiger partial charge in [-0.1, -0.05) is 17.7 Å². The number of nitrogens with one attached hydrogen (secondary N) is 1. The van der Waals surface area contributed by atoms with Crippen molar-refractivity contribution in [3.05, 3.63) is 59.7 Å². The Bertz CT molecular complexity index is 828. The molecule has 0 spiro atoms. The zero-order chi connectivity index (χ0) is 18.7.